The average molecular weight is 341 g/mol. The van der Waals surface area contributed by atoms with Crippen LogP contribution in [0.25, 0.3) is 0 Å². The molecule has 2 aromatic carbocycles. The van der Waals surface area contributed by atoms with Gasteiger partial charge >= 0.3 is 6.18 Å². The molecule has 0 aliphatic rings. The van der Waals surface area contributed by atoms with Crippen molar-refractivity contribution in [2.75, 3.05) is 0 Å². The van der Waals surface area contributed by atoms with Crippen molar-refractivity contribution in [2.45, 2.75) is 18.7 Å². The van der Waals surface area contributed by atoms with Gasteiger partial charge in [-0.3, -0.25) is 0 Å². The second-order valence-corrected chi connectivity index (χ2v) is 5.32. The zero-order valence-corrected chi connectivity index (χ0v) is 12.3. The van der Waals surface area contributed by atoms with Gasteiger partial charge in [0, 0.05) is 11.9 Å². The molecule has 0 saturated carbocycles. The summed E-state index contributed by atoms with van der Waals surface area (Å²) in [6.45, 7) is 0. The van der Waals surface area contributed by atoms with E-state index in [1.807, 2.05) is 0 Å². The van der Waals surface area contributed by atoms with Crippen molar-refractivity contribution >= 4 is 5.97 Å². The fourth-order valence-electron chi connectivity index (χ4n) is 2.30. The summed E-state index contributed by atoms with van der Waals surface area (Å²) in [7, 11) is 0. The lowest BCUT2D eigenvalue weighted by Crippen LogP contribution is -2.36. The molecule has 0 aromatic heterocycles. The Morgan fingerprint density at radius 1 is 1.04 bits per heavy atom. The van der Waals surface area contributed by atoms with Gasteiger partial charge in [-0.1, -0.05) is 24.3 Å². The molecule has 128 valence electrons. The van der Waals surface area contributed by atoms with Crippen LogP contribution in [0.4, 0.5) is 17.6 Å². The third kappa shape index (κ3) is 4.32. The Bertz CT molecular complexity index is 693. The predicted molar refractivity (Wildman–Crippen MR) is 75.0 cm³/mol. The number of hydrogen-bond donors (Lipinski definition) is 1. The quantitative estimate of drug-likeness (QED) is 0.850. The van der Waals surface area contributed by atoms with Crippen molar-refractivity contribution in [1.82, 2.24) is 0 Å². The highest BCUT2D eigenvalue weighted by Crippen LogP contribution is 2.31. The van der Waals surface area contributed by atoms with Crippen LogP contribution in [0.2, 0.25) is 0 Å². The van der Waals surface area contributed by atoms with Crippen molar-refractivity contribution in [1.29, 1.82) is 0 Å². The minimum absolute atomic E-state index is 0.0271. The molecule has 3 nitrogen and oxygen atoms in total. The van der Waals surface area contributed by atoms with Gasteiger partial charge in [-0.2, -0.15) is 13.2 Å². The molecule has 1 N–H and O–H groups in total. The summed E-state index contributed by atoms with van der Waals surface area (Å²) in [4.78, 5) is 11.3. The Morgan fingerprint density at radius 2 is 1.58 bits per heavy atom. The fraction of sp³-hybridized carbons (Fsp3) is 0.235. The van der Waals surface area contributed by atoms with Gasteiger partial charge in [0.15, 0.2) is 0 Å². The number of carboxylic acids is 1. The third-order valence-corrected chi connectivity index (χ3v) is 3.63. The number of aliphatic hydroxyl groups is 1. The standard InChI is InChI=1S/C17H14F4O3/c18-13-7-1-10(2-8-13)9-14(16(23)24)15(22)11-3-5-12(6-4-11)17(19,20)21/h1-8,14-15,22H,9H2,(H,23,24)/p-1. The summed E-state index contributed by atoms with van der Waals surface area (Å²) >= 11 is 0. The highest BCUT2D eigenvalue weighted by molar-refractivity contribution is 5.69. The van der Waals surface area contributed by atoms with Crippen LogP contribution in [0.1, 0.15) is 22.8 Å². The van der Waals surface area contributed by atoms with E-state index in [0.29, 0.717) is 5.56 Å². The molecule has 2 rings (SSSR count). The number of carboxylic acid groups (broad SMARTS) is 1. The van der Waals surface area contributed by atoms with E-state index in [9.17, 15) is 32.6 Å². The van der Waals surface area contributed by atoms with Crippen LogP contribution >= 0.6 is 0 Å². The van der Waals surface area contributed by atoms with Gasteiger partial charge < -0.3 is 15.0 Å². The fourth-order valence-corrected chi connectivity index (χ4v) is 2.30. The van der Waals surface area contributed by atoms with Gasteiger partial charge in [0.1, 0.15) is 5.82 Å². The van der Waals surface area contributed by atoms with Crippen molar-refractivity contribution in [3.63, 3.8) is 0 Å². The minimum Gasteiger partial charge on any atom is -0.550 e. The largest absolute Gasteiger partial charge is 0.550 e. The molecule has 0 aliphatic carbocycles. The van der Waals surface area contributed by atoms with E-state index in [4.69, 9.17) is 0 Å². The van der Waals surface area contributed by atoms with Gasteiger partial charge in [0.25, 0.3) is 0 Å². The maximum atomic E-state index is 12.9. The van der Waals surface area contributed by atoms with Crippen LogP contribution in [-0.4, -0.2) is 11.1 Å². The Morgan fingerprint density at radius 3 is 2.04 bits per heavy atom. The molecule has 0 heterocycles. The second-order valence-electron chi connectivity index (χ2n) is 5.32. The molecule has 7 heteroatoms. The Labute approximate surface area is 135 Å². The summed E-state index contributed by atoms with van der Waals surface area (Å²) in [6.07, 6.45) is -6.22. The summed E-state index contributed by atoms with van der Waals surface area (Å²) in [5.74, 6) is -3.43. The highest BCUT2D eigenvalue weighted by Gasteiger charge is 2.31. The highest BCUT2D eigenvalue weighted by atomic mass is 19.4. The number of benzene rings is 2. The molecule has 2 unspecified atom stereocenters. The van der Waals surface area contributed by atoms with Gasteiger partial charge in [-0.05, 0) is 41.8 Å². The van der Waals surface area contributed by atoms with Gasteiger partial charge in [0.2, 0.25) is 0 Å². The molecule has 0 bridgehead atoms. The van der Waals surface area contributed by atoms with Crippen molar-refractivity contribution in [3.8, 4) is 0 Å². The SMILES string of the molecule is O=C([O-])C(Cc1ccc(F)cc1)C(O)c1ccc(C(F)(F)F)cc1. The van der Waals surface area contributed by atoms with Crippen LogP contribution < -0.4 is 5.11 Å². The summed E-state index contributed by atoms with van der Waals surface area (Å²) in [6, 6.07) is 8.60. The lowest BCUT2D eigenvalue weighted by Gasteiger charge is -2.24. The molecule has 0 radical (unpaired) electrons. The van der Waals surface area contributed by atoms with Crippen LogP contribution in [-0.2, 0) is 17.4 Å². The van der Waals surface area contributed by atoms with Crippen molar-refractivity contribution in [3.05, 3.63) is 71.0 Å². The van der Waals surface area contributed by atoms with Gasteiger partial charge in [-0.15, -0.1) is 0 Å². The maximum Gasteiger partial charge on any atom is 0.416 e. The summed E-state index contributed by atoms with van der Waals surface area (Å²) in [5.41, 5.74) is -0.419. The number of aliphatic carboxylic acids is 1. The topological polar surface area (TPSA) is 60.4 Å². The van der Waals surface area contributed by atoms with Crippen LogP contribution in [0, 0.1) is 11.7 Å². The third-order valence-electron chi connectivity index (χ3n) is 3.63. The van der Waals surface area contributed by atoms with E-state index in [1.54, 1.807) is 0 Å². The predicted octanol–water partition coefficient (Wildman–Crippen LogP) is 2.49. The lowest BCUT2D eigenvalue weighted by atomic mass is 9.89. The number of rotatable bonds is 5. The van der Waals surface area contributed by atoms with E-state index < -0.39 is 35.5 Å². The Kier molecular flexibility index (Phi) is 5.23. The monoisotopic (exact) mass is 341 g/mol. The average Bonchev–Trinajstić information content (AvgIpc) is 2.52. The number of hydrogen-bond acceptors (Lipinski definition) is 3. The smallest absolute Gasteiger partial charge is 0.416 e. The Hall–Kier alpha value is -2.41. The molecule has 0 spiro atoms. The first-order valence-electron chi connectivity index (χ1n) is 6.99. The van der Waals surface area contributed by atoms with Crippen LogP contribution in [0.15, 0.2) is 48.5 Å². The molecule has 24 heavy (non-hydrogen) atoms. The van der Waals surface area contributed by atoms with Gasteiger partial charge in [-0.25, -0.2) is 4.39 Å². The normalized spacial score (nSPS) is 14.2. The summed E-state index contributed by atoms with van der Waals surface area (Å²) in [5, 5.41) is 21.5. The molecule has 2 aromatic rings. The number of carbonyl (C=O) groups excluding carboxylic acids is 1. The zero-order chi connectivity index (χ0) is 17.9. The van der Waals surface area contributed by atoms with E-state index in [2.05, 4.69) is 0 Å². The van der Waals surface area contributed by atoms with E-state index in [1.165, 1.54) is 12.1 Å². The van der Waals surface area contributed by atoms with E-state index in [-0.39, 0.29) is 12.0 Å². The first-order valence-corrected chi connectivity index (χ1v) is 6.99. The molecule has 0 saturated heterocycles. The van der Waals surface area contributed by atoms with Crippen LogP contribution in [0.3, 0.4) is 0 Å². The molecule has 0 amide bonds. The van der Waals surface area contributed by atoms with Gasteiger partial charge in [0.05, 0.1) is 11.7 Å². The Balaban J connectivity index is 2.21. The number of aliphatic hydroxyl groups excluding tert-OH is 1. The van der Waals surface area contributed by atoms with Crippen molar-refractivity contribution in [2.24, 2.45) is 5.92 Å². The minimum atomic E-state index is -4.52. The lowest BCUT2D eigenvalue weighted by molar-refractivity contribution is -0.314. The molecule has 0 fully saturated rings. The number of carbonyl (C=O) groups is 1. The number of halogens is 4. The first kappa shape index (κ1) is 17.9. The molecule has 2 atom stereocenters. The second kappa shape index (κ2) is 7.00. The number of alkyl halides is 3. The van der Waals surface area contributed by atoms with Crippen LogP contribution in [0.5, 0.6) is 0 Å². The van der Waals surface area contributed by atoms with E-state index >= 15 is 0 Å². The zero-order valence-electron chi connectivity index (χ0n) is 12.3. The first-order chi connectivity index (χ1) is 11.2. The maximum absolute atomic E-state index is 12.9. The molecule has 0 aliphatic heterocycles. The molecular weight excluding hydrogens is 328 g/mol. The summed E-state index contributed by atoms with van der Waals surface area (Å²) < 4.78 is 50.5. The molecular formula is C17H13F4O3-. The van der Waals surface area contributed by atoms with E-state index in [0.717, 1.165) is 36.4 Å². The van der Waals surface area contributed by atoms with Crippen molar-refractivity contribution < 1.29 is 32.6 Å².